The molecule has 8 aromatic heterocycles. The highest BCUT2D eigenvalue weighted by Crippen LogP contribution is 2.39. The first kappa shape index (κ1) is 51.2. The molecule has 4 aliphatic rings. The molecule has 88 heavy (non-hydrogen) atoms. The Kier molecular flexibility index (Phi) is 12.7. The number of pyridine rings is 2. The average molecular weight is 1130 g/mol. The molecule has 0 amide bonds. The van der Waals surface area contributed by atoms with Gasteiger partial charge in [0.05, 0.1) is 67.7 Å². The van der Waals surface area contributed by atoms with Crippen LogP contribution in [-0.2, 0) is 0 Å². The summed E-state index contributed by atoms with van der Waals surface area (Å²) in [6, 6.07) is 66.4. The highest BCUT2D eigenvalue weighted by atomic mass is 14.8. The van der Waals surface area contributed by atoms with Crippen LogP contribution in [0.3, 0.4) is 0 Å². The van der Waals surface area contributed by atoms with E-state index in [1.807, 2.05) is 85.5 Å². The first-order valence-electron chi connectivity index (χ1n) is 29.0. The molecule has 0 saturated carbocycles. The van der Waals surface area contributed by atoms with Gasteiger partial charge in [-0.05, 0) is 178 Å². The predicted molar refractivity (Wildman–Crippen MR) is 360 cm³/mol. The van der Waals surface area contributed by atoms with Crippen LogP contribution in [0.15, 0.2) is 219 Å². The number of benzene rings is 4. The molecule has 0 atom stereocenters. The van der Waals surface area contributed by atoms with Gasteiger partial charge in [0.15, 0.2) is 0 Å². The summed E-state index contributed by atoms with van der Waals surface area (Å²) in [5, 5.41) is 0. The molecule has 16 bridgehead atoms. The molecule has 16 rings (SSSR count). The van der Waals surface area contributed by atoms with Crippen molar-refractivity contribution in [2.24, 2.45) is 0 Å². The first-order chi connectivity index (χ1) is 43.6. The van der Waals surface area contributed by atoms with Crippen LogP contribution in [0.25, 0.3) is 160 Å². The Morgan fingerprint density at radius 2 is 0.432 bits per heavy atom. The second-order valence-electron chi connectivity index (χ2n) is 21.4. The lowest BCUT2D eigenvalue weighted by Gasteiger charge is -2.06. The fourth-order valence-electron chi connectivity index (χ4n) is 12.1. The van der Waals surface area contributed by atoms with Gasteiger partial charge in [-0.3, -0.25) is 9.97 Å². The number of fused-ring (bicyclic) bond motifs is 16. The van der Waals surface area contributed by atoms with E-state index in [0.29, 0.717) is 22.5 Å². The number of nitrogens with one attached hydrogen (secondary N) is 4. The Bertz CT molecular complexity index is 5000. The van der Waals surface area contributed by atoms with Crippen LogP contribution in [0.4, 0.5) is 0 Å². The number of hydrogen-bond acceptors (Lipinski definition) is 6. The largest absolute Gasteiger partial charge is 0.354 e. The lowest BCUT2D eigenvalue weighted by atomic mass is 10.0. The number of hydrogen-bond donors (Lipinski definition) is 4. The summed E-state index contributed by atoms with van der Waals surface area (Å²) in [6.07, 6.45) is 23.9. The third kappa shape index (κ3) is 9.42. The summed E-state index contributed by atoms with van der Waals surface area (Å²) in [4.78, 5) is 45.7. The van der Waals surface area contributed by atoms with Gasteiger partial charge < -0.3 is 19.9 Å². The van der Waals surface area contributed by atoms with Crippen LogP contribution in [-0.4, -0.2) is 49.8 Å². The fraction of sp³-hybridized carbons (Fsp3) is 0. The van der Waals surface area contributed by atoms with Crippen LogP contribution in [0.5, 0.6) is 0 Å². The van der Waals surface area contributed by atoms with Gasteiger partial charge in [0.25, 0.3) is 0 Å². The van der Waals surface area contributed by atoms with Gasteiger partial charge in [0.2, 0.25) is 0 Å². The molecule has 0 radical (unpaired) electrons. The molecular formula is C78H48N10. The normalized spacial score (nSPS) is 12.0. The highest BCUT2D eigenvalue weighted by molar-refractivity contribution is 6.01. The van der Waals surface area contributed by atoms with E-state index in [-0.39, 0.29) is 0 Å². The standard InChI is InChI=1S/C78H48N10/c1-5-15-49(16-6-1)73-61-29-25-57(81-61)55(58-26-30-62(82-58)74(50-17-7-2-8-18-50)66-34-38-70(86-66)77(53-41-45-79-46-42-53)69-37-33-65(73)85-69)23-13-14-24-56-59-27-31-63(83-59)75(51-19-9-3-10-20-51)67-35-39-71(87-67)78(54-43-47-80-48-44-54)72-40-36-68(88-72)76(52-21-11-4-12-22-52)64-32-28-60(56)84-64/h1-12,15-22,25-48,81,83,86,88H. The molecule has 0 fully saturated rings. The van der Waals surface area contributed by atoms with Gasteiger partial charge in [-0.15, -0.1) is 0 Å². The summed E-state index contributed by atoms with van der Waals surface area (Å²) in [5.41, 5.74) is 26.2. The predicted octanol–water partition coefficient (Wildman–Crippen LogP) is 17.8. The van der Waals surface area contributed by atoms with Gasteiger partial charge in [-0.2, -0.15) is 0 Å². The Balaban J connectivity index is 0.949. The zero-order chi connectivity index (χ0) is 58.3. The summed E-state index contributed by atoms with van der Waals surface area (Å²) in [5.74, 6) is 13.7. The number of nitrogens with zero attached hydrogens (tertiary/aromatic N) is 6. The summed E-state index contributed by atoms with van der Waals surface area (Å²) in [6.45, 7) is 0. The van der Waals surface area contributed by atoms with Crippen LogP contribution in [0.2, 0.25) is 0 Å². The number of H-pyrrole nitrogens is 4. The van der Waals surface area contributed by atoms with Crippen LogP contribution >= 0.6 is 0 Å². The van der Waals surface area contributed by atoms with Crippen molar-refractivity contribution in [2.75, 3.05) is 0 Å². The van der Waals surface area contributed by atoms with Crippen molar-refractivity contribution in [3.8, 4) is 90.4 Å². The molecule has 4 aromatic carbocycles. The average Bonchev–Trinajstić information content (AvgIpc) is 4.53. The second-order valence-corrected chi connectivity index (χ2v) is 21.4. The van der Waals surface area contributed by atoms with Crippen molar-refractivity contribution in [2.45, 2.75) is 0 Å². The van der Waals surface area contributed by atoms with E-state index in [0.717, 1.165) is 145 Å². The van der Waals surface area contributed by atoms with E-state index in [9.17, 15) is 0 Å². The molecule has 10 nitrogen and oxygen atoms in total. The van der Waals surface area contributed by atoms with E-state index in [4.69, 9.17) is 19.9 Å². The molecule has 12 aromatic rings. The summed E-state index contributed by atoms with van der Waals surface area (Å²) in [7, 11) is 0. The Labute approximate surface area is 505 Å². The maximum absolute atomic E-state index is 5.44. The van der Waals surface area contributed by atoms with Crippen molar-refractivity contribution < 1.29 is 0 Å². The smallest absolute Gasteiger partial charge is 0.0815 e. The van der Waals surface area contributed by atoms with Crippen molar-refractivity contribution >= 4 is 92.7 Å². The Morgan fingerprint density at radius 1 is 0.216 bits per heavy atom. The minimum absolute atomic E-state index is 0.676. The zero-order valence-electron chi connectivity index (χ0n) is 47.1. The molecule has 12 heterocycles. The summed E-state index contributed by atoms with van der Waals surface area (Å²) < 4.78 is 0. The van der Waals surface area contributed by atoms with Gasteiger partial charge in [0, 0.05) is 91.3 Å². The highest BCUT2D eigenvalue weighted by Gasteiger charge is 2.21. The van der Waals surface area contributed by atoms with Crippen LogP contribution in [0.1, 0.15) is 56.7 Å². The first-order valence-corrected chi connectivity index (χ1v) is 29.0. The van der Waals surface area contributed by atoms with Crippen molar-refractivity contribution in [1.29, 1.82) is 0 Å². The topological polar surface area (TPSA) is 140 Å². The van der Waals surface area contributed by atoms with Crippen molar-refractivity contribution in [3.63, 3.8) is 0 Å². The SMILES string of the molecule is C(C#Cc1c2nc(c(-c3ccccc3)c3ccc([nH]3)c(-c3ccncc3)c3nc(c(-c4ccccc4)c4ccc1[nH]4)C=C3)C=C2)#Cc1c2nc(c(-c3ccccc3)c3ccc([nH]3)c(-c3ccncc3)c3nc(c(-c4ccccc4)c4ccc1[nH]4)C=C3)C=C2. The number of aromatic nitrogens is 10. The third-order valence-electron chi connectivity index (χ3n) is 16.1. The van der Waals surface area contributed by atoms with Crippen LogP contribution in [0, 0.1) is 23.7 Å². The van der Waals surface area contributed by atoms with Gasteiger partial charge in [-0.1, -0.05) is 121 Å². The molecule has 0 spiro atoms. The van der Waals surface area contributed by atoms with E-state index >= 15 is 0 Å². The molecule has 4 aliphatic heterocycles. The maximum Gasteiger partial charge on any atom is 0.0815 e. The van der Waals surface area contributed by atoms with Gasteiger partial charge >= 0.3 is 0 Å². The molecule has 0 aliphatic carbocycles. The molecule has 10 heteroatoms. The summed E-state index contributed by atoms with van der Waals surface area (Å²) >= 11 is 0. The zero-order valence-corrected chi connectivity index (χ0v) is 47.1. The minimum Gasteiger partial charge on any atom is -0.354 e. The fourth-order valence-corrected chi connectivity index (χ4v) is 12.1. The molecule has 4 N–H and O–H groups in total. The Hall–Kier alpha value is -12.5. The van der Waals surface area contributed by atoms with Crippen molar-refractivity contribution in [1.82, 2.24) is 49.8 Å². The van der Waals surface area contributed by atoms with Gasteiger partial charge in [0.1, 0.15) is 0 Å². The van der Waals surface area contributed by atoms with E-state index < -0.39 is 0 Å². The monoisotopic (exact) mass is 1120 g/mol. The van der Waals surface area contributed by atoms with E-state index in [2.05, 4.69) is 236 Å². The second kappa shape index (κ2) is 21.9. The molecule has 0 unspecified atom stereocenters. The lowest BCUT2D eigenvalue weighted by Crippen LogP contribution is -1.90. The third-order valence-corrected chi connectivity index (χ3v) is 16.1. The Morgan fingerprint density at radius 3 is 0.705 bits per heavy atom. The van der Waals surface area contributed by atoms with E-state index in [1.54, 1.807) is 0 Å². The quantitative estimate of drug-likeness (QED) is 0.122. The van der Waals surface area contributed by atoms with Gasteiger partial charge in [-0.25, -0.2) is 19.9 Å². The van der Waals surface area contributed by atoms with Crippen molar-refractivity contribution in [3.05, 3.63) is 276 Å². The number of aromatic amines is 4. The molecule has 410 valence electrons. The molecular weight excluding hydrogens is 1080 g/mol. The lowest BCUT2D eigenvalue weighted by molar-refractivity contribution is 1.30. The minimum atomic E-state index is 0.676. The van der Waals surface area contributed by atoms with Crippen LogP contribution < -0.4 is 0 Å². The maximum atomic E-state index is 5.44. The molecule has 0 saturated heterocycles. The van der Waals surface area contributed by atoms with E-state index in [1.165, 1.54) is 0 Å². The number of rotatable bonds is 6.